The number of halogens is 2. The van der Waals surface area contributed by atoms with Crippen molar-refractivity contribution >= 4 is 17.6 Å². The normalized spacial score (nSPS) is 15.4. The van der Waals surface area contributed by atoms with E-state index in [1.165, 1.54) is 28.7 Å². The second-order valence-electron chi connectivity index (χ2n) is 8.45. The molecule has 0 nitrogen and oxygen atoms in total. The summed E-state index contributed by atoms with van der Waals surface area (Å²) in [5, 5.41) is 0. The molecule has 1 atom stereocenters. The molecule has 0 saturated heterocycles. The van der Waals surface area contributed by atoms with E-state index in [1.807, 2.05) is 3.28 Å². The van der Waals surface area contributed by atoms with E-state index in [1.54, 1.807) is 16.7 Å². The molecule has 0 radical (unpaired) electrons. The molecule has 0 amide bonds. The van der Waals surface area contributed by atoms with Crippen molar-refractivity contribution in [3.05, 3.63) is 104 Å². The summed E-state index contributed by atoms with van der Waals surface area (Å²) in [6, 6.07) is 26.9. The van der Waals surface area contributed by atoms with E-state index >= 15 is 0 Å². The summed E-state index contributed by atoms with van der Waals surface area (Å²) in [7, 11) is 0. The van der Waals surface area contributed by atoms with Crippen molar-refractivity contribution in [3.8, 4) is 11.1 Å². The van der Waals surface area contributed by atoms with Gasteiger partial charge in [-0.25, -0.2) is 0 Å². The van der Waals surface area contributed by atoms with E-state index in [0.717, 1.165) is 0 Å². The monoisotopic (exact) mass is 538 g/mol. The Kier molecular flexibility index (Phi) is 8.03. The zero-order valence-corrected chi connectivity index (χ0v) is 23.1. The average molecular weight is 541 g/mol. The van der Waals surface area contributed by atoms with E-state index in [9.17, 15) is 0 Å². The van der Waals surface area contributed by atoms with Gasteiger partial charge >= 0.3 is 183 Å². The molecule has 31 heavy (non-hydrogen) atoms. The second kappa shape index (κ2) is 10.2. The molecule has 1 unspecified atom stereocenters. The van der Waals surface area contributed by atoms with Gasteiger partial charge in [0.15, 0.2) is 0 Å². The van der Waals surface area contributed by atoms with Crippen LogP contribution in [0.2, 0.25) is 13.1 Å². The first-order valence-electron chi connectivity index (χ1n) is 10.5. The van der Waals surface area contributed by atoms with Gasteiger partial charge in [-0.2, -0.15) is 0 Å². The van der Waals surface area contributed by atoms with Gasteiger partial charge in [-0.3, -0.25) is 0 Å². The van der Waals surface area contributed by atoms with E-state index in [-0.39, 0.29) is 30.2 Å². The molecule has 5 rings (SSSR count). The van der Waals surface area contributed by atoms with Gasteiger partial charge in [-0.15, -0.1) is 0 Å². The number of fused-ring (bicyclic) bond motifs is 2. The summed E-state index contributed by atoms with van der Waals surface area (Å²) in [5.74, 6) is 0. The molecular weight excluding hydrogens is 515 g/mol. The molecule has 0 N–H and O–H groups in total. The van der Waals surface area contributed by atoms with Gasteiger partial charge in [0.2, 0.25) is 0 Å². The van der Waals surface area contributed by atoms with E-state index < -0.39 is 20.4 Å². The SMILES string of the molecule is CC1=Cc2c(-c3ccccc3)cccc2[CH]1[Zr+2]([C]1=Cc2ccccc2C1)=[Si](C)C.[Cl-].[Cl-]. The number of rotatable bonds is 3. The standard InChI is InChI=1S/C16H13.C9H7.C2H6Si.2ClH.Zr/c1-12-10-14-8-5-9-15(16(14)11-12)13-6-3-2-4-7-13;1-2-5-9-7-3-6-8(9)4-1;1-3-2;;;/h2-11H,1H3;1-2,4-6H,7H2;1-2H3;2*1H;/q;;;;;+2/p-2. The molecular formula is C27H26Cl2SiZr. The minimum Gasteiger partial charge on any atom is -1.00 e. The number of benzene rings is 3. The Labute approximate surface area is 206 Å². The maximum absolute atomic E-state index is 2.58. The first kappa shape index (κ1) is 24.5. The third-order valence-corrected chi connectivity index (χ3v) is 24.7. The van der Waals surface area contributed by atoms with Gasteiger partial charge in [0.1, 0.15) is 0 Å². The van der Waals surface area contributed by atoms with Crippen LogP contribution in [0, 0.1) is 0 Å². The third kappa shape index (κ3) is 4.51. The van der Waals surface area contributed by atoms with Gasteiger partial charge in [0.25, 0.3) is 0 Å². The third-order valence-electron chi connectivity index (χ3n) is 6.30. The van der Waals surface area contributed by atoms with Crippen molar-refractivity contribution in [2.45, 2.75) is 30.1 Å². The zero-order chi connectivity index (χ0) is 20.0. The molecule has 0 aromatic heterocycles. The molecule has 3 aromatic carbocycles. The first-order chi connectivity index (χ1) is 14.1. The average Bonchev–Trinajstić information content (AvgIpc) is 3.29. The van der Waals surface area contributed by atoms with Gasteiger partial charge in [-0.05, 0) is 0 Å². The summed E-state index contributed by atoms with van der Waals surface area (Å²) in [6.45, 7) is 7.55. The Bertz CT molecular complexity index is 1200. The van der Waals surface area contributed by atoms with Crippen LogP contribution in [0.15, 0.2) is 81.7 Å². The van der Waals surface area contributed by atoms with Crippen LogP contribution in [0.5, 0.6) is 0 Å². The van der Waals surface area contributed by atoms with Gasteiger partial charge < -0.3 is 24.8 Å². The van der Waals surface area contributed by atoms with Crippen molar-refractivity contribution in [2.24, 2.45) is 0 Å². The molecule has 0 spiro atoms. The second-order valence-corrected chi connectivity index (χ2v) is 26.0. The van der Waals surface area contributed by atoms with Crippen LogP contribution in [0.4, 0.5) is 0 Å². The molecule has 2 aliphatic carbocycles. The van der Waals surface area contributed by atoms with Gasteiger partial charge in [0.05, 0.1) is 0 Å². The van der Waals surface area contributed by atoms with E-state index in [4.69, 9.17) is 0 Å². The summed E-state index contributed by atoms with van der Waals surface area (Å²) in [6.07, 6.45) is 6.29. The Hall–Kier alpha value is -1.18. The molecule has 3 aromatic rings. The Morgan fingerprint density at radius 2 is 1.52 bits per heavy atom. The molecule has 0 heterocycles. The topological polar surface area (TPSA) is 0 Å². The molecule has 4 heteroatoms. The first-order valence-corrected chi connectivity index (χ1v) is 19.3. The molecule has 0 bridgehead atoms. The van der Waals surface area contributed by atoms with E-state index in [0.29, 0.717) is 3.63 Å². The smallest absolute Gasteiger partial charge is 1.00 e. The van der Waals surface area contributed by atoms with Crippen LogP contribution in [-0.2, 0) is 26.8 Å². The summed E-state index contributed by atoms with van der Waals surface area (Å²) >= 11 is -1.84. The quantitative estimate of drug-likeness (QED) is 0.440. The van der Waals surface area contributed by atoms with Crippen LogP contribution >= 0.6 is 0 Å². The van der Waals surface area contributed by atoms with Crippen LogP contribution in [0.1, 0.15) is 32.8 Å². The van der Waals surface area contributed by atoms with Gasteiger partial charge in [-0.1, -0.05) is 0 Å². The Morgan fingerprint density at radius 1 is 0.806 bits per heavy atom. The van der Waals surface area contributed by atoms with Crippen molar-refractivity contribution in [1.82, 2.24) is 0 Å². The molecule has 2 aliphatic rings. The number of hydrogen-bond acceptors (Lipinski definition) is 0. The maximum Gasteiger partial charge on any atom is -1.00 e. The van der Waals surface area contributed by atoms with Crippen LogP contribution in [-0.4, -0.2) is 5.43 Å². The fourth-order valence-electron chi connectivity index (χ4n) is 5.05. The van der Waals surface area contributed by atoms with Crippen LogP contribution in [0.3, 0.4) is 0 Å². The van der Waals surface area contributed by atoms with Crippen molar-refractivity contribution in [3.63, 3.8) is 0 Å². The maximum atomic E-state index is 2.58. The molecule has 0 fully saturated rings. The number of allylic oxidation sites excluding steroid dienone is 2. The minimum absolute atomic E-state index is 0. The van der Waals surface area contributed by atoms with E-state index in [2.05, 4.69) is 105 Å². The predicted molar refractivity (Wildman–Crippen MR) is 124 cm³/mol. The molecule has 0 saturated carbocycles. The van der Waals surface area contributed by atoms with Crippen molar-refractivity contribution in [1.29, 1.82) is 0 Å². The van der Waals surface area contributed by atoms with Crippen LogP contribution in [0.25, 0.3) is 23.3 Å². The number of hydrogen-bond donors (Lipinski definition) is 0. The molecule has 156 valence electrons. The fraction of sp³-hybridized carbons (Fsp3) is 0.185. The predicted octanol–water partition coefficient (Wildman–Crippen LogP) is 1.29. The largest absolute Gasteiger partial charge is 1.00 e. The van der Waals surface area contributed by atoms with Crippen LogP contribution < -0.4 is 24.8 Å². The van der Waals surface area contributed by atoms with Gasteiger partial charge in [0, 0.05) is 0 Å². The summed E-state index contributed by atoms with van der Waals surface area (Å²) in [5.41, 5.74) is 10.1. The minimum atomic E-state index is -1.84. The Balaban J connectivity index is 0.00000136. The fourth-order valence-corrected chi connectivity index (χ4v) is 23.8. The summed E-state index contributed by atoms with van der Waals surface area (Å²) in [4.78, 5) is 0. The molecule has 0 aliphatic heterocycles. The Morgan fingerprint density at radius 3 is 2.23 bits per heavy atom. The summed E-state index contributed by atoms with van der Waals surface area (Å²) < 4.78 is 2.55. The zero-order valence-electron chi connectivity index (χ0n) is 18.1. The van der Waals surface area contributed by atoms with Crippen molar-refractivity contribution in [2.75, 3.05) is 0 Å². The van der Waals surface area contributed by atoms with Crippen molar-refractivity contribution < 1.29 is 45.2 Å².